The number of nitriles is 1. The number of ether oxygens (including phenoxy) is 2. The largest absolute Gasteiger partial charge is 0.491 e. The van der Waals surface area contributed by atoms with Gasteiger partial charge in [0.15, 0.2) is 5.69 Å². The van der Waals surface area contributed by atoms with Gasteiger partial charge in [-0.05, 0) is 36.1 Å². The molecule has 0 spiro atoms. The maximum atomic E-state index is 11.9. The summed E-state index contributed by atoms with van der Waals surface area (Å²) < 4.78 is 15.7. The standard InChI is InChI=1S/C16H13BN2O5/c1-2-22-16(20)15-10(8-18)3-6-14(19-15)24-12-4-5-13-11(7-12)9-23-17(13)21/h3-7,21H,2,9H2,1H3. The molecule has 0 radical (unpaired) electrons. The molecule has 2 aromatic rings. The highest BCUT2D eigenvalue weighted by Gasteiger charge is 2.27. The van der Waals surface area contributed by atoms with Gasteiger partial charge >= 0.3 is 13.1 Å². The number of rotatable bonds is 4. The number of benzene rings is 1. The molecule has 0 fully saturated rings. The average molecular weight is 324 g/mol. The first-order chi connectivity index (χ1) is 11.6. The van der Waals surface area contributed by atoms with Crippen molar-refractivity contribution < 1.29 is 23.9 Å². The molecule has 1 aliphatic rings. The zero-order valence-corrected chi connectivity index (χ0v) is 12.9. The number of esters is 1. The molecule has 1 aromatic carbocycles. The summed E-state index contributed by atoms with van der Waals surface area (Å²) in [6.07, 6.45) is 0. The van der Waals surface area contributed by atoms with Gasteiger partial charge in [-0.15, -0.1) is 0 Å². The molecule has 0 aliphatic carbocycles. The van der Waals surface area contributed by atoms with E-state index in [1.807, 2.05) is 6.07 Å². The number of pyridine rings is 1. The maximum Gasteiger partial charge on any atom is 0.491 e. The summed E-state index contributed by atoms with van der Waals surface area (Å²) in [5.74, 6) is -0.0279. The average Bonchev–Trinajstić information content (AvgIpc) is 2.95. The minimum Gasteiger partial charge on any atom is -0.461 e. The van der Waals surface area contributed by atoms with E-state index in [1.165, 1.54) is 12.1 Å². The van der Waals surface area contributed by atoms with Crippen LogP contribution in [0.3, 0.4) is 0 Å². The van der Waals surface area contributed by atoms with Crippen LogP contribution in [0.1, 0.15) is 28.5 Å². The molecule has 0 saturated heterocycles. The summed E-state index contributed by atoms with van der Waals surface area (Å²) in [5, 5.41) is 18.7. The van der Waals surface area contributed by atoms with Gasteiger partial charge in [0.05, 0.1) is 18.8 Å². The summed E-state index contributed by atoms with van der Waals surface area (Å²) in [7, 11) is -0.919. The highest BCUT2D eigenvalue weighted by molar-refractivity contribution is 6.61. The van der Waals surface area contributed by atoms with Crippen LogP contribution in [0.25, 0.3) is 0 Å². The van der Waals surface area contributed by atoms with Crippen LogP contribution in [0.2, 0.25) is 0 Å². The molecule has 120 valence electrons. The molecule has 0 atom stereocenters. The predicted octanol–water partition coefficient (Wildman–Crippen LogP) is 1.14. The van der Waals surface area contributed by atoms with Gasteiger partial charge in [0.2, 0.25) is 5.88 Å². The number of fused-ring (bicyclic) bond motifs is 1. The zero-order valence-electron chi connectivity index (χ0n) is 12.9. The maximum absolute atomic E-state index is 11.9. The second-order valence-electron chi connectivity index (χ2n) is 5.00. The van der Waals surface area contributed by atoms with Gasteiger partial charge in [-0.25, -0.2) is 9.78 Å². The third kappa shape index (κ3) is 3.08. The van der Waals surface area contributed by atoms with Crippen LogP contribution < -0.4 is 10.2 Å². The van der Waals surface area contributed by atoms with Crippen molar-refractivity contribution in [3.05, 3.63) is 47.2 Å². The molecule has 1 aliphatic heterocycles. The van der Waals surface area contributed by atoms with Gasteiger partial charge in [-0.2, -0.15) is 5.26 Å². The van der Waals surface area contributed by atoms with Gasteiger partial charge in [-0.1, -0.05) is 6.07 Å². The van der Waals surface area contributed by atoms with E-state index in [0.29, 0.717) is 17.8 Å². The quantitative estimate of drug-likeness (QED) is 0.664. The zero-order chi connectivity index (χ0) is 17.1. The Morgan fingerprint density at radius 2 is 2.29 bits per heavy atom. The number of nitrogens with zero attached hydrogens (tertiary/aromatic N) is 2. The van der Waals surface area contributed by atoms with Crippen molar-refractivity contribution in [3.8, 4) is 17.7 Å². The van der Waals surface area contributed by atoms with Crippen molar-refractivity contribution in [2.24, 2.45) is 0 Å². The van der Waals surface area contributed by atoms with E-state index in [4.69, 9.17) is 19.4 Å². The van der Waals surface area contributed by atoms with Gasteiger partial charge in [0, 0.05) is 6.07 Å². The first-order valence-corrected chi connectivity index (χ1v) is 7.31. The molecular weight excluding hydrogens is 311 g/mol. The predicted molar refractivity (Wildman–Crippen MR) is 83.8 cm³/mol. The lowest BCUT2D eigenvalue weighted by atomic mass is 9.80. The van der Waals surface area contributed by atoms with Crippen LogP contribution in [-0.2, 0) is 16.0 Å². The smallest absolute Gasteiger partial charge is 0.461 e. The Kier molecular flexibility index (Phi) is 4.47. The number of hydrogen-bond donors (Lipinski definition) is 1. The van der Waals surface area contributed by atoms with E-state index >= 15 is 0 Å². The lowest BCUT2D eigenvalue weighted by Crippen LogP contribution is -2.27. The number of carbonyl (C=O) groups excluding carboxylic acids is 1. The second-order valence-corrected chi connectivity index (χ2v) is 5.00. The van der Waals surface area contributed by atoms with Crippen LogP contribution in [0.5, 0.6) is 11.6 Å². The van der Waals surface area contributed by atoms with Crippen molar-refractivity contribution in [1.82, 2.24) is 4.98 Å². The molecule has 0 saturated carbocycles. The molecule has 0 bridgehead atoms. The first kappa shape index (κ1) is 16.0. The fourth-order valence-corrected chi connectivity index (χ4v) is 2.33. The molecule has 8 heteroatoms. The molecule has 24 heavy (non-hydrogen) atoms. The molecular formula is C16H13BN2O5. The van der Waals surface area contributed by atoms with Gasteiger partial charge in [0.25, 0.3) is 0 Å². The van der Waals surface area contributed by atoms with Gasteiger partial charge in [0.1, 0.15) is 11.8 Å². The van der Waals surface area contributed by atoms with Crippen LogP contribution in [0, 0.1) is 11.3 Å². The summed E-state index contributed by atoms with van der Waals surface area (Å²) in [6.45, 7) is 2.15. The van der Waals surface area contributed by atoms with E-state index in [9.17, 15) is 9.82 Å². The Hall–Kier alpha value is -2.89. The van der Waals surface area contributed by atoms with E-state index in [1.54, 1.807) is 25.1 Å². The number of carbonyl (C=O) groups is 1. The Balaban J connectivity index is 1.87. The van der Waals surface area contributed by atoms with Crippen LogP contribution in [0.15, 0.2) is 30.3 Å². The highest BCUT2D eigenvalue weighted by Crippen LogP contribution is 2.23. The van der Waals surface area contributed by atoms with Gasteiger partial charge < -0.3 is 19.2 Å². The topological polar surface area (TPSA) is 102 Å². The third-order valence-corrected chi connectivity index (χ3v) is 3.46. The Labute approximate surface area is 138 Å². The Bertz CT molecular complexity index is 834. The van der Waals surface area contributed by atoms with Crippen molar-refractivity contribution in [2.45, 2.75) is 13.5 Å². The van der Waals surface area contributed by atoms with Gasteiger partial charge in [-0.3, -0.25) is 0 Å². The van der Waals surface area contributed by atoms with E-state index < -0.39 is 13.1 Å². The normalized spacial score (nSPS) is 12.5. The van der Waals surface area contributed by atoms with E-state index in [2.05, 4.69) is 4.98 Å². The molecule has 1 aromatic heterocycles. The monoisotopic (exact) mass is 324 g/mol. The van der Waals surface area contributed by atoms with Crippen molar-refractivity contribution >= 4 is 18.6 Å². The molecule has 7 nitrogen and oxygen atoms in total. The summed E-state index contributed by atoms with van der Waals surface area (Å²) >= 11 is 0. The first-order valence-electron chi connectivity index (χ1n) is 7.31. The second kappa shape index (κ2) is 6.70. The van der Waals surface area contributed by atoms with Crippen molar-refractivity contribution in [3.63, 3.8) is 0 Å². The molecule has 3 rings (SSSR count). The number of aromatic nitrogens is 1. The lowest BCUT2D eigenvalue weighted by molar-refractivity contribution is 0.0518. The molecule has 1 N–H and O–H groups in total. The molecule has 0 amide bonds. The summed E-state index contributed by atoms with van der Waals surface area (Å²) in [4.78, 5) is 15.9. The van der Waals surface area contributed by atoms with Crippen molar-refractivity contribution in [2.75, 3.05) is 6.61 Å². The number of hydrogen-bond acceptors (Lipinski definition) is 7. The Morgan fingerprint density at radius 1 is 1.46 bits per heavy atom. The fourth-order valence-electron chi connectivity index (χ4n) is 2.33. The fraction of sp³-hybridized carbons (Fsp3) is 0.188. The minimum atomic E-state index is -0.919. The van der Waals surface area contributed by atoms with E-state index in [-0.39, 0.29) is 23.7 Å². The van der Waals surface area contributed by atoms with Crippen LogP contribution in [-0.4, -0.2) is 29.7 Å². The van der Waals surface area contributed by atoms with Crippen LogP contribution in [0.4, 0.5) is 0 Å². The van der Waals surface area contributed by atoms with Crippen LogP contribution >= 0.6 is 0 Å². The molecule has 0 unspecified atom stereocenters. The summed E-state index contributed by atoms with van der Waals surface area (Å²) in [6, 6.07) is 9.96. The lowest BCUT2D eigenvalue weighted by Gasteiger charge is -2.09. The minimum absolute atomic E-state index is 0.0863. The molecule has 2 heterocycles. The summed E-state index contributed by atoms with van der Waals surface area (Å²) in [5.41, 5.74) is 1.55. The third-order valence-electron chi connectivity index (χ3n) is 3.46. The Morgan fingerprint density at radius 3 is 3.04 bits per heavy atom. The van der Waals surface area contributed by atoms with Crippen molar-refractivity contribution in [1.29, 1.82) is 5.26 Å². The van der Waals surface area contributed by atoms with E-state index in [0.717, 1.165) is 5.56 Å². The highest BCUT2D eigenvalue weighted by atomic mass is 16.5. The SMILES string of the molecule is CCOC(=O)c1nc(Oc2ccc3c(c2)COB3O)ccc1C#N.